The molecule has 102 valence electrons. The third-order valence-corrected chi connectivity index (χ3v) is 5.25. The summed E-state index contributed by atoms with van der Waals surface area (Å²) in [7, 11) is 0. The second-order valence-corrected chi connectivity index (χ2v) is 6.33. The second-order valence-electron chi connectivity index (χ2n) is 5.42. The van der Waals surface area contributed by atoms with Crippen molar-refractivity contribution in [1.82, 2.24) is 4.90 Å². The topological polar surface area (TPSA) is 29.3 Å². The summed E-state index contributed by atoms with van der Waals surface area (Å²) in [4.78, 5) is 2.56. The molecule has 19 heavy (non-hydrogen) atoms. The molecule has 2 unspecified atom stereocenters. The van der Waals surface area contributed by atoms with Crippen LogP contribution in [-0.2, 0) is 0 Å². The van der Waals surface area contributed by atoms with Crippen LogP contribution in [0.2, 0.25) is 0 Å². The van der Waals surface area contributed by atoms with Gasteiger partial charge in [-0.2, -0.15) is 0 Å². The second kappa shape index (κ2) is 5.61. The molecule has 1 fully saturated rings. The summed E-state index contributed by atoms with van der Waals surface area (Å²) in [6.45, 7) is 4.52. The van der Waals surface area contributed by atoms with Crippen LogP contribution in [0.4, 0.5) is 0 Å². The summed E-state index contributed by atoms with van der Waals surface area (Å²) in [5.74, 6) is 0. The number of hydrogen-bond donors (Lipinski definition) is 1. The van der Waals surface area contributed by atoms with Gasteiger partial charge in [0.2, 0.25) is 0 Å². The van der Waals surface area contributed by atoms with Gasteiger partial charge < -0.3 is 5.73 Å². The molecule has 0 bridgehead atoms. The minimum Gasteiger partial charge on any atom is -0.326 e. The maximum Gasteiger partial charge on any atom is 0.0513 e. The van der Waals surface area contributed by atoms with E-state index < -0.39 is 0 Å². The van der Waals surface area contributed by atoms with Crippen LogP contribution in [0.1, 0.15) is 37.8 Å². The van der Waals surface area contributed by atoms with Crippen LogP contribution >= 0.6 is 11.3 Å². The molecule has 3 rings (SSSR count). The van der Waals surface area contributed by atoms with Crippen molar-refractivity contribution in [3.8, 4) is 0 Å². The first kappa shape index (κ1) is 13.1. The standard InChI is InChI=1S/C16H22N2S/c1-2-18-10-6-5-8-14(17)16(18)13-11-19-15-9-4-3-7-12(13)15/h3-4,7,9,11,14,16H,2,5-6,8,10,17H2,1H3. The van der Waals surface area contributed by atoms with Gasteiger partial charge in [0, 0.05) is 10.7 Å². The van der Waals surface area contributed by atoms with Crippen molar-refractivity contribution in [3.05, 3.63) is 35.2 Å². The number of rotatable bonds is 2. The van der Waals surface area contributed by atoms with Gasteiger partial charge in [0.05, 0.1) is 6.04 Å². The summed E-state index contributed by atoms with van der Waals surface area (Å²) < 4.78 is 1.38. The number of likely N-dealkylation sites (N-methyl/N-ethyl adjacent to an activating group) is 1. The number of hydrogen-bond acceptors (Lipinski definition) is 3. The first-order valence-electron chi connectivity index (χ1n) is 7.27. The molecule has 1 aromatic carbocycles. The van der Waals surface area contributed by atoms with Gasteiger partial charge in [0.15, 0.2) is 0 Å². The molecule has 2 N–H and O–H groups in total. The number of likely N-dealkylation sites (tertiary alicyclic amines) is 1. The van der Waals surface area contributed by atoms with E-state index in [2.05, 4.69) is 41.5 Å². The van der Waals surface area contributed by atoms with E-state index in [0.29, 0.717) is 6.04 Å². The van der Waals surface area contributed by atoms with Crippen LogP contribution in [0.25, 0.3) is 10.1 Å². The Morgan fingerprint density at radius 3 is 3.00 bits per heavy atom. The molecule has 1 saturated heterocycles. The van der Waals surface area contributed by atoms with Crippen LogP contribution in [0, 0.1) is 0 Å². The zero-order chi connectivity index (χ0) is 13.2. The summed E-state index contributed by atoms with van der Waals surface area (Å²) >= 11 is 1.85. The third kappa shape index (κ3) is 2.42. The highest BCUT2D eigenvalue weighted by Gasteiger charge is 2.29. The quantitative estimate of drug-likeness (QED) is 0.903. The molecule has 0 aliphatic carbocycles. The molecule has 2 atom stereocenters. The van der Waals surface area contributed by atoms with Crippen LogP contribution < -0.4 is 5.73 Å². The lowest BCUT2D eigenvalue weighted by molar-refractivity contribution is 0.197. The number of fused-ring (bicyclic) bond motifs is 1. The van der Waals surface area contributed by atoms with Gasteiger partial charge in [0.25, 0.3) is 0 Å². The van der Waals surface area contributed by atoms with Gasteiger partial charge in [-0.25, -0.2) is 0 Å². The van der Waals surface area contributed by atoms with Crippen molar-refractivity contribution in [1.29, 1.82) is 0 Å². The van der Waals surface area contributed by atoms with Gasteiger partial charge in [-0.15, -0.1) is 11.3 Å². The van der Waals surface area contributed by atoms with Crippen molar-refractivity contribution in [2.45, 2.75) is 38.3 Å². The van der Waals surface area contributed by atoms with E-state index in [-0.39, 0.29) is 6.04 Å². The molecule has 3 heteroatoms. The van der Waals surface area contributed by atoms with E-state index in [1.165, 1.54) is 35.0 Å². The number of nitrogens with two attached hydrogens (primary N) is 1. The maximum absolute atomic E-state index is 6.49. The molecule has 2 nitrogen and oxygen atoms in total. The predicted molar refractivity (Wildman–Crippen MR) is 83.6 cm³/mol. The van der Waals surface area contributed by atoms with Crippen molar-refractivity contribution in [2.24, 2.45) is 5.73 Å². The number of nitrogens with zero attached hydrogens (tertiary/aromatic N) is 1. The first-order chi connectivity index (χ1) is 9.31. The molecule has 2 heterocycles. The highest BCUT2D eigenvalue weighted by atomic mass is 32.1. The molecule has 0 spiro atoms. The van der Waals surface area contributed by atoms with E-state index in [1.54, 1.807) is 0 Å². The van der Waals surface area contributed by atoms with Gasteiger partial charge in [-0.3, -0.25) is 4.90 Å². The fourth-order valence-corrected chi connectivity index (χ4v) is 4.26. The third-order valence-electron chi connectivity index (χ3n) is 4.27. The minimum atomic E-state index is 0.264. The van der Waals surface area contributed by atoms with Crippen LogP contribution in [0.3, 0.4) is 0 Å². The summed E-state index contributed by atoms with van der Waals surface area (Å²) in [5.41, 5.74) is 7.93. The van der Waals surface area contributed by atoms with Crippen LogP contribution in [0.5, 0.6) is 0 Å². The smallest absolute Gasteiger partial charge is 0.0513 e. The Morgan fingerprint density at radius 2 is 2.16 bits per heavy atom. The first-order valence-corrected chi connectivity index (χ1v) is 8.15. The van der Waals surface area contributed by atoms with Crippen molar-refractivity contribution >= 4 is 21.4 Å². The van der Waals surface area contributed by atoms with Gasteiger partial charge in [0.1, 0.15) is 0 Å². The Bertz CT molecular complexity index is 548. The Balaban J connectivity index is 2.05. The van der Waals surface area contributed by atoms with E-state index in [9.17, 15) is 0 Å². The molecular weight excluding hydrogens is 252 g/mol. The lowest BCUT2D eigenvalue weighted by atomic mass is 9.96. The fraction of sp³-hybridized carbons (Fsp3) is 0.500. The molecule has 1 aromatic heterocycles. The molecule has 1 aliphatic rings. The number of thiophene rings is 1. The van der Waals surface area contributed by atoms with Gasteiger partial charge >= 0.3 is 0 Å². The molecule has 1 aliphatic heterocycles. The minimum absolute atomic E-state index is 0.264. The van der Waals surface area contributed by atoms with Crippen molar-refractivity contribution in [2.75, 3.05) is 13.1 Å². The van der Waals surface area contributed by atoms with E-state index in [4.69, 9.17) is 5.73 Å². The fourth-order valence-electron chi connectivity index (χ4n) is 3.27. The highest BCUT2D eigenvalue weighted by Crippen LogP contribution is 2.36. The summed E-state index contributed by atoms with van der Waals surface area (Å²) in [6.07, 6.45) is 3.68. The summed E-state index contributed by atoms with van der Waals surface area (Å²) in [6, 6.07) is 9.36. The SMILES string of the molecule is CCN1CCCCC(N)C1c1csc2ccccc12. The monoisotopic (exact) mass is 274 g/mol. The zero-order valence-electron chi connectivity index (χ0n) is 11.5. The average Bonchev–Trinajstić information content (AvgIpc) is 2.76. The molecule has 0 saturated carbocycles. The molecular formula is C16H22N2S. The van der Waals surface area contributed by atoms with E-state index in [1.807, 2.05) is 11.3 Å². The maximum atomic E-state index is 6.49. The van der Waals surface area contributed by atoms with Crippen LogP contribution in [0.15, 0.2) is 29.6 Å². The number of benzene rings is 1. The summed E-state index contributed by atoms with van der Waals surface area (Å²) in [5, 5.41) is 3.72. The largest absolute Gasteiger partial charge is 0.326 e. The Morgan fingerprint density at radius 1 is 1.32 bits per heavy atom. The molecule has 0 radical (unpaired) electrons. The predicted octanol–water partition coefficient (Wildman–Crippen LogP) is 3.78. The average molecular weight is 274 g/mol. The van der Waals surface area contributed by atoms with Crippen LogP contribution in [-0.4, -0.2) is 24.0 Å². The highest BCUT2D eigenvalue weighted by molar-refractivity contribution is 7.17. The van der Waals surface area contributed by atoms with E-state index in [0.717, 1.165) is 13.0 Å². The Kier molecular flexibility index (Phi) is 3.87. The molecule has 2 aromatic rings. The van der Waals surface area contributed by atoms with Crippen molar-refractivity contribution in [3.63, 3.8) is 0 Å². The lowest BCUT2D eigenvalue weighted by Gasteiger charge is -2.32. The molecule has 0 amide bonds. The lowest BCUT2D eigenvalue weighted by Crippen LogP contribution is -2.39. The normalized spacial score (nSPS) is 25.6. The van der Waals surface area contributed by atoms with Gasteiger partial charge in [-0.05, 0) is 48.3 Å². The zero-order valence-corrected chi connectivity index (χ0v) is 12.3. The van der Waals surface area contributed by atoms with E-state index >= 15 is 0 Å². The Labute approximate surface area is 119 Å². The Hall–Kier alpha value is -0.900. The van der Waals surface area contributed by atoms with Crippen molar-refractivity contribution < 1.29 is 0 Å². The van der Waals surface area contributed by atoms with Gasteiger partial charge in [-0.1, -0.05) is 31.5 Å².